The molecule has 0 saturated carbocycles. The van der Waals surface area contributed by atoms with Gasteiger partial charge in [0, 0.05) is 52.1 Å². The van der Waals surface area contributed by atoms with Gasteiger partial charge in [-0.3, -0.25) is 23.4 Å². The molecule has 1 aliphatic rings. The van der Waals surface area contributed by atoms with E-state index in [4.69, 9.17) is 4.74 Å². The molecule has 0 spiro atoms. The summed E-state index contributed by atoms with van der Waals surface area (Å²) in [6.45, 7) is 1.34. The van der Waals surface area contributed by atoms with Crippen LogP contribution in [-0.2, 0) is 25.9 Å². The number of hydrogen-bond donors (Lipinski definition) is 0. The van der Waals surface area contributed by atoms with E-state index in [1.54, 1.807) is 15.8 Å². The summed E-state index contributed by atoms with van der Waals surface area (Å²) in [6.07, 6.45) is 3.30. The molecular formula is C18H26N6O4. The van der Waals surface area contributed by atoms with Gasteiger partial charge in [-0.25, -0.2) is 4.79 Å². The zero-order valence-electron chi connectivity index (χ0n) is 16.8. The molecule has 10 heteroatoms. The average molecular weight is 390 g/mol. The highest BCUT2D eigenvalue weighted by Crippen LogP contribution is 2.31. The number of nitrogens with zero attached hydrogens (tertiary/aromatic N) is 6. The standard InChI is InChI=1S/C18H26N6O4/c1-20(2)11-14-16(12-9-19-21(3)10-12)24(6-7-28-14)17(26)13-8-15(25)23(5)18(27)22(13)4/h8-10,14,16H,6-7,11H2,1-5H3/t14-,16-/m0/s1. The van der Waals surface area contributed by atoms with Crippen molar-refractivity contribution in [2.75, 3.05) is 33.8 Å². The van der Waals surface area contributed by atoms with Crippen molar-refractivity contribution in [2.45, 2.75) is 12.1 Å². The Hall–Kier alpha value is -2.72. The molecule has 1 aliphatic heterocycles. The van der Waals surface area contributed by atoms with Gasteiger partial charge in [0.25, 0.3) is 11.5 Å². The van der Waals surface area contributed by atoms with Crippen LogP contribution in [0.1, 0.15) is 22.1 Å². The van der Waals surface area contributed by atoms with Crippen LogP contribution >= 0.6 is 0 Å². The molecule has 2 aromatic heterocycles. The van der Waals surface area contributed by atoms with Gasteiger partial charge in [-0.15, -0.1) is 0 Å². The quantitative estimate of drug-likeness (QED) is 0.662. The molecular weight excluding hydrogens is 364 g/mol. The number of amides is 1. The van der Waals surface area contributed by atoms with Crippen molar-refractivity contribution in [3.8, 4) is 0 Å². The van der Waals surface area contributed by atoms with Crippen molar-refractivity contribution in [1.29, 1.82) is 0 Å². The van der Waals surface area contributed by atoms with E-state index in [-0.39, 0.29) is 23.7 Å². The van der Waals surface area contributed by atoms with Crippen LogP contribution in [0.2, 0.25) is 0 Å². The molecule has 2 aromatic rings. The summed E-state index contributed by atoms with van der Waals surface area (Å²) >= 11 is 0. The first-order valence-corrected chi connectivity index (χ1v) is 9.03. The fraction of sp³-hybridized carbons (Fsp3) is 0.556. The molecule has 3 rings (SSSR count). The monoisotopic (exact) mass is 390 g/mol. The summed E-state index contributed by atoms with van der Waals surface area (Å²) < 4.78 is 9.83. The van der Waals surface area contributed by atoms with Crippen molar-refractivity contribution < 1.29 is 9.53 Å². The fourth-order valence-electron chi connectivity index (χ4n) is 3.55. The lowest BCUT2D eigenvalue weighted by Crippen LogP contribution is -2.52. The summed E-state index contributed by atoms with van der Waals surface area (Å²) in [5.74, 6) is -0.377. The number of likely N-dealkylation sites (N-methyl/N-ethyl adjacent to an activating group) is 1. The second-order valence-electron chi connectivity index (χ2n) is 7.33. The van der Waals surface area contributed by atoms with Gasteiger partial charge in [0.2, 0.25) is 0 Å². The van der Waals surface area contributed by atoms with E-state index >= 15 is 0 Å². The van der Waals surface area contributed by atoms with Gasteiger partial charge in [0.05, 0.1) is 24.9 Å². The summed E-state index contributed by atoms with van der Waals surface area (Å²) in [6, 6.07) is 0.831. The molecule has 0 bridgehead atoms. The summed E-state index contributed by atoms with van der Waals surface area (Å²) in [4.78, 5) is 41.4. The Morgan fingerprint density at radius 3 is 2.57 bits per heavy atom. The van der Waals surface area contributed by atoms with Crippen molar-refractivity contribution in [3.63, 3.8) is 0 Å². The maximum Gasteiger partial charge on any atom is 0.331 e. The molecule has 0 N–H and O–H groups in total. The van der Waals surface area contributed by atoms with Gasteiger partial charge in [0.1, 0.15) is 5.69 Å². The van der Waals surface area contributed by atoms with Crippen LogP contribution in [0.5, 0.6) is 0 Å². The highest BCUT2D eigenvalue weighted by atomic mass is 16.5. The van der Waals surface area contributed by atoms with Crippen molar-refractivity contribution >= 4 is 5.91 Å². The summed E-state index contributed by atoms with van der Waals surface area (Å²) in [7, 11) is 8.57. The zero-order chi connectivity index (χ0) is 20.6. The number of aromatic nitrogens is 4. The Morgan fingerprint density at radius 1 is 1.25 bits per heavy atom. The largest absolute Gasteiger partial charge is 0.373 e. The van der Waals surface area contributed by atoms with Crippen molar-refractivity contribution in [2.24, 2.45) is 21.1 Å². The van der Waals surface area contributed by atoms with E-state index in [1.807, 2.05) is 32.2 Å². The number of carbonyl (C=O) groups is 1. The van der Waals surface area contributed by atoms with Crippen molar-refractivity contribution in [3.05, 3.63) is 50.6 Å². The van der Waals surface area contributed by atoms with Gasteiger partial charge >= 0.3 is 5.69 Å². The summed E-state index contributed by atoms with van der Waals surface area (Å²) in [5.41, 5.74) is -0.141. The highest BCUT2D eigenvalue weighted by Gasteiger charge is 2.38. The minimum Gasteiger partial charge on any atom is -0.373 e. The number of hydrogen-bond acceptors (Lipinski definition) is 6. The van der Waals surface area contributed by atoms with Crippen LogP contribution in [0.15, 0.2) is 28.0 Å². The Balaban J connectivity index is 2.06. The second-order valence-corrected chi connectivity index (χ2v) is 7.33. The van der Waals surface area contributed by atoms with Crippen LogP contribution in [0.25, 0.3) is 0 Å². The lowest BCUT2D eigenvalue weighted by Gasteiger charge is -2.41. The molecule has 0 radical (unpaired) electrons. The molecule has 28 heavy (non-hydrogen) atoms. The van der Waals surface area contributed by atoms with Gasteiger partial charge in [-0.05, 0) is 14.1 Å². The molecule has 1 amide bonds. The Kier molecular flexibility index (Phi) is 5.52. The van der Waals surface area contributed by atoms with Gasteiger partial charge in [0.15, 0.2) is 0 Å². The number of morpholine rings is 1. The van der Waals surface area contributed by atoms with Crippen LogP contribution in [0.4, 0.5) is 0 Å². The van der Waals surface area contributed by atoms with E-state index in [0.29, 0.717) is 19.7 Å². The molecule has 0 unspecified atom stereocenters. The van der Waals surface area contributed by atoms with E-state index in [9.17, 15) is 14.4 Å². The molecule has 0 aliphatic carbocycles. The topological polar surface area (TPSA) is 94.6 Å². The number of ether oxygens (including phenoxy) is 1. The maximum absolute atomic E-state index is 13.4. The normalized spacial score (nSPS) is 20.0. The smallest absolute Gasteiger partial charge is 0.331 e. The fourth-order valence-corrected chi connectivity index (χ4v) is 3.55. The Morgan fingerprint density at radius 2 is 1.96 bits per heavy atom. The SMILES string of the molecule is CN(C)C[C@@H]1OCCN(C(=O)c2cc(=O)n(C)c(=O)n2C)[C@H]1c1cnn(C)c1. The molecule has 2 atom stereocenters. The van der Waals surface area contributed by atoms with E-state index < -0.39 is 11.2 Å². The molecule has 10 nitrogen and oxygen atoms in total. The van der Waals surface area contributed by atoms with Crippen LogP contribution in [0, 0.1) is 0 Å². The Bertz CT molecular complexity index is 989. The lowest BCUT2D eigenvalue weighted by atomic mass is 10.00. The van der Waals surface area contributed by atoms with Crippen LogP contribution < -0.4 is 11.2 Å². The number of aryl methyl sites for hydroxylation is 1. The summed E-state index contributed by atoms with van der Waals surface area (Å²) in [5, 5.41) is 4.23. The molecule has 1 saturated heterocycles. The maximum atomic E-state index is 13.4. The zero-order valence-corrected chi connectivity index (χ0v) is 16.8. The predicted octanol–water partition coefficient (Wildman–Crippen LogP) is -1.04. The average Bonchev–Trinajstić information content (AvgIpc) is 3.07. The van der Waals surface area contributed by atoms with E-state index in [0.717, 1.165) is 10.1 Å². The first-order valence-electron chi connectivity index (χ1n) is 9.03. The third-order valence-electron chi connectivity index (χ3n) is 4.97. The lowest BCUT2D eigenvalue weighted by molar-refractivity contribution is -0.0687. The Labute approximate surface area is 162 Å². The minimum atomic E-state index is -0.535. The highest BCUT2D eigenvalue weighted by molar-refractivity contribution is 5.93. The minimum absolute atomic E-state index is 0.0625. The third kappa shape index (κ3) is 3.65. The first-order chi connectivity index (χ1) is 13.2. The predicted molar refractivity (Wildman–Crippen MR) is 102 cm³/mol. The van der Waals surface area contributed by atoms with Gasteiger partial charge in [-0.1, -0.05) is 0 Å². The van der Waals surface area contributed by atoms with Gasteiger partial charge < -0.3 is 14.5 Å². The molecule has 3 heterocycles. The van der Waals surface area contributed by atoms with Crippen LogP contribution in [0.3, 0.4) is 0 Å². The molecule has 152 valence electrons. The van der Waals surface area contributed by atoms with Crippen molar-refractivity contribution in [1.82, 2.24) is 28.7 Å². The molecule has 0 aromatic carbocycles. The number of rotatable bonds is 4. The van der Waals surface area contributed by atoms with E-state index in [2.05, 4.69) is 5.10 Å². The number of carbonyl (C=O) groups excluding carboxylic acids is 1. The van der Waals surface area contributed by atoms with Gasteiger partial charge in [-0.2, -0.15) is 5.10 Å². The third-order valence-corrected chi connectivity index (χ3v) is 4.97. The first kappa shape index (κ1) is 20.0. The second kappa shape index (κ2) is 7.72. The van der Waals surface area contributed by atoms with E-state index in [1.165, 1.54) is 24.7 Å². The van der Waals surface area contributed by atoms with Crippen LogP contribution in [-0.4, -0.2) is 74.5 Å². The molecule has 1 fully saturated rings.